The Kier molecular flexibility index (Phi) is 4.90. The number of aliphatic hydroxyl groups is 1. The summed E-state index contributed by atoms with van der Waals surface area (Å²) in [5.41, 5.74) is 0.900. The predicted molar refractivity (Wildman–Crippen MR) is 73.1 cm³/mol. The minimum Gasteiger partial charge on any atom is -0.461 e. The minimum atomic E-state index is -0.346. The second-order valence-electron chi connectivity index (χ2n) is 4.93. The molecule has 0 aliphatic carbocycles. The quantitative estimate of drug-likeness (QED) is 0.849. The van der Waals surface area contributed by atoms with Crippen molar-refractivity contribution in [3.05, 3.63) is 16.1 Å². The molecule has 6 heteroatoms. The Hall–Kier alpha value is -0.980. The number of rotatable bonds is 4. The summed E-state index contributed by atoms with van der Waals surface area (Å²) in [5, 5.41) is 12.0. The normalized spacial score (nSPS) is 24.4. The largest absolute Gasteiger partial charge is 0.461 e. The zero-order valence-electron chi connectivity index (χ0n) is 11.3. The third-order valence-electron chi connectivity index (χ3n) is 3.33. The van der Waals surface area contributed by atoms with Crippen molar-refractivity contribution < 1.29 is 14.6 Å². The molecule has 1 aliphatic heterocycles. The van der Waals surface area contributed by atoms with Crippen LogP contribution >= 0.6 is 11.3 Å². The molecular weight excluding hydrogens is 264 g/mol. The average molecular weight is 284 g/mol. The number of piperidine rings is 1. The van der Waals surface area contributed by atoms with E-state index >= 15 is 0 Å². The van der Waals surface area contributed by atoms with Crippen LogP contribution in [-0.2, 0) is 11.3 Å². The first-order valence-electron chi connectivity index (χ1n) is 6.62. The zero-order chi connectivity index (χ0) is 13.8. The molecule has 5 nitrogen and oxygen atoms in total. The lowest BCUT2D eigenvalue weighted by Crippen LogP contribution is -2.41. The molecule has 2 heterocycles. The Morgan fingerprint density at radius 2 is 2.47 bits per heavy atom. The van der Waals surface area contributed by atoms with Crippen LogP contribution in [0.4, 0.5) is 0 Å². The first-order chi connectivity index (χ1) is 9.10. The molecule has 1 N–H and O–H groups in total. The molecule has 1 aliphatic rings. The maximum absolute atomic E-state index is 11.5. The Morgan fingerprint density at radius 1 is 1.68 bits per heavy atom. The number of likely N-dealkylation sites (tertiary alicyclic amines) is 1. The first kappa shape index (κ1) is 14.4. The fourth-order valence-electron chi connectivity index (χ4n) is 2.26. The maximum atomic E-state index is 11.5. The van der Waals surface area contributed by atoms with E-state index in [1.54, 1.807) is 6.92 Å². The molecule has 0 spiro atoms. The van der Waals surface area contributed by atoms with Crippen molar-refractivity contribution in [1.29, 1.82) is 0 Å². The van der Waals surface area contributed by atoms with Crippen LogP contribution in [0.1, 0.15) is 35.8 Å². The molecule has 2 rings (SSSR count). The van der Waals surface area contributed by atoms with Crippen molar-refractivity contribution in [2.75, 3.05) is 19.7 Å². The Labute approximate surface area is 117 Å². The van der Waals surface area contributed by atoms with Crippen LogP contribution in [0.15, 0.2) is 5.38 Å². The molecule has 0 bridgehead atoms. The van der Waals surface area contributed by atoms with Crippen LogP contribution in [0.25, 0.3) is 0 Å². The number of aliphatic hydroxyl groups excluding tert-OH is 1. The summed E-state index contributed by atoms with van der Waals surface area (Å²) in [6.45, 7) is 6.68. The highest BCUT2D eigenvalue weighted by atomic mass is 32.1. The fourth-order valence-corrected chi connectivity index (χ4v) is 2.96. The van der Waals surface area contributed by atoms with Crippen molar-refractivity contribution in [2.24, 2.45) is 5.92 Å². The van der Waals surface area contributed by atoms with Gasteiger partial charge in [0, 0.05) is 25.0 Å². The smallest absolute Gasteiger partial charge is 0.367 e. The van der Waals surface area contributed by atoms with E-state index in [0.717, 1.165) is 31.7 Å². The summed E-state index contributed by atoms with van der Waals surface area (Å²) < 4.78 is 4.92. The van der Waals surface area contributed by atoms with Gasteiger partial charge in [-0.3, -0.25) is 4.90 Å². The highest BCUT2D eigenvalue weighted by Crippen LogP contribution is 2.19. The summed E-state index contributed by atoms with van der Waals surface area (Å²) in [6, 6.07) is 0. The van der Waals surface area contributed by atoms with Crippen LogP contribution in [0.3, 0.4) is 0 Å². The summed E-state index contributed by atoms with van der Waals surface area (Å²) in [4.78, 5) is 18.1. The van der Waals surface area contributed by atoms with Crippen LogP contribution in [0.5, 0.6) is 0 Å². The van der Waals surface area contributed by atoms with Crippen molar-refractivity contribution in [3.8, 4) is 0 Å². The van der Waals surface area contributed by atoms with Gasteiger partial charge in [-0.1, -0.05) is 6.92 Å². The van der Waals surface area contributed by atoms with Crippen molar-refractivity contribution in [1.82, 2.24) is 9.88 Å². The van der Waals surface area contributed by atoms with E-state index in [1.807, 2.05) is 5.38 Å². The van der Waals surface area contributed by atoms with Gasteiger partial charge >= 0.3 is 5.97 Å². The zero-order valence-corrected chi connectivity index (χ0v) is 12.2. The number of ether oxygens (including phenoxy) is 1. The number of carbonyl (C=O) groups is 1. The van der Waals surface area contributed by atoms with Gasteiger partial charge in [0.1, 0.15) is 0 Å². The predicted octanol–water partition coefficient (Wildman–Crippen LogP) is 1.52. The molecule has 1 aromatic rings. The van der Waals surface area contributed by atoms with Gasteiger partial charge in [0.15, 0.2) is 0 Å². The van der Waals surface area contributed by atoms with Gasteiger partial charge in [-0.2, -0.15) is 0 Å². The molecule has 0 amide bonds. The van der Waals surface area contributed by atoms with E-state index < -0.39 is 0 Å². The first-order valence-corrected chi connectivity index (χ1v) is 7.50. The van der Waals surface area contributed by atoms with E-state index in [9.17, 15) is 9.90 Å². The molecule has 2 atom stereocenters. The van der Waals surface area contributed by atoms with Crippen LogP contribution < -0.4 is 0 Å². The highest BCUT2D eigenvalue weighted by Gasteiger charge is 2.24. The number of thiazole rings is 1. The summed E-state index contributed by atoms with van der Waals surface area (Å²) in [7, 11) is 0. The van der Waals surface area contributed by atoms with Gasteiger partial charge in [-0.25, -0.2) is 9.78 Å². The average Bonchev–Trinajstić information content (AvgIpc) is 2.83. The minimum absolute atomic E-state index is 0.193. The van der Waals surface area contributed by atoms with Crippen molar-refractivity contribution in [3.63, 3.8) is 0 Å². The molecule has 1 saturated heterocycles. The lowest BCUT2D eigenvalue weighted by atomic mass is 9.97. The van der Waals surface area contributed by atoms with Gasteiger partial charge in [0.05, 0.1) is 18.4 Å². The van der Waals surface area contributed by atoms with Gasteiger partial charge < -0.3 is 9.84 Å². The molecule has 106 valence electrons. The molecule has 19 heavy (non-hydrogen) atoms. The lowest BCUT2D eigenvalue weighted by Gasteiger charge is -2.33. The van der Waals surface area contributed by atoms with Crippen LogP contribution in [-0.4, -0.2) is 46.8 Å². The van der Waals surface area contributed by atoms with E-state index in [4.69, 9.17) is 4.74 Å². The molecule has 2 unspecified atom stereocenters. The molecule has 1 fully saturated rings. The number of esters is 1. The molecular formula is C13H20N2O3S. The SMILES string of the molecule is CCOC(=O)c1nc(CN2CCC(O)C(C)C2)cs1. The molecule has 1 aromatic heterocycles. The summed E-state index contributed by atoms with van der Waals surface area (Å²) in [5.74, 6) is -0.0573. The van der Waals surface area contributed by atoms with E-state index in [2.05, 4.69) is 16.8 Å². The van der Waals surface area contributed by atoms with E-state index in [-0.39, 0.29) is 18.0 Å². The number of carbonyl (C=O) groups excluding carboxylic acids is 1. The topological polar surface area (TPSA) is 62.7 Å². The lowest BCUT2D eigenvalue weighted by molar-refractivity contribution is 0.0316. The summed E-state index contributed by atoms with van der Waals surface area (Å²) in [6.07, 6.45) is 0.609. The second-order valence-corrected chi connectivity index (χ2v) is 5.79. The number of hydrogen-bond acceptors (Lipinski definition) is 6. The highest BCUT2D eigenvalue weighted by molar-refractivity contribution is 7.11. The Bertz CT molecular complexity index is 435. The maximum Gasteiger partial charge on any atom is 0.367 e. The van der Waals surface area contributed by atoms with Crippen molar-refractivity contribution in [2.45, 2.75) is 32.9 Å². The third-order valence-corrected chi connectivity index (χ3v) is 4.20. The summed E-state index contributed by atoms with van der Waals surface area (Å²) >= 11 is 1.33. The van der Waals surface area contributed by atoms with Crippen LogP contribution in [0, 0.1) is 5.92 Å². The second kappa shape index (κ2) is 6.45. The monoisotopic (exact) mass is 284 g/mol. The number of nitrogens with zero attached hydrogens (tertiary/aromatic N) is 2. The molecule has 0 radical (unpaired) electrons. The Morgan fingerprint density at radius 3 is 3.16 bits per heavy atom. The molecule has 0 aromatic carbocycles. The van der Waals surface area contributed by atoms with E-state index in [1.165, 1.54) is 11.3 Å². The standard InChI is InChI=1S/C13H20N2O3S/c1-3-18-13(17)12-14-10(8-19-12)7-15-5-4-11(16)9(2)6-15/h8-9,11,16H,3-7H2,1-2H3. The Balaban J connectivity index is 1.91. The van der Waals surface area contributed by atoms with Crippen molar-refractivity contribution >= 4 is 17.3 Å². The van der Waals surface area contributed by atoms with Crippen LogP contribution in [0.2, 0.25) is 0 Å². The van der Waals surface area contributed by atoms with E-state index in [0.29, 0.717) is 11.6 Å². The fraction of sp³-hybridized carbons (Fsp3) is 0.692. The number of hydrogen-bond donors (Lipinski definition) is 1. The van der Waals surface area contributed by atoms with Gasteiger partial charge in [0.25, 0.3) is 0 Å². The third kappa shape index (κ3) is 3.75. The molecule has 0 saturated carbocycles. The van der Waals surface area contributed by atoms with Gasteiger partial charge in [0.2, 0.25) is 5.01 Å². The van der Waals surface area contributed by atoms with Gasteiger partial charge in [-0.15, -0.1) is 11.3 Å². The number of aromatic nitrogens is 1. The van der Waals surface area contributed by atoms with Gasteiger partial charge in [-0.05, 0) is 19.3 Å².